The summed E-state index contributed by atoms with van der Waals surface area (Å²) < 4.78 is 0. The summed E-state index contributed by atoms with van der Waals surface area (Å²) >= 11 is 0. The lowest BCUT2D eigenvalue weighted by molar-refractivity contribution is -0.140. The molecule has 4 aromatic carbocycles. The van der Waals surface area contributed by atoms with Gasteiger partial charge in [0.2, 0.25) is 0 Å². The maximum absolute atomic E-state index is 11.0. The van der Waals surface area contributed by atoms with Crippen LogP contribution in [0.2, 0.25) is 0 Å². The molecule has 274 valence electrons. The molecule has 2 aliphatic heterocycles. The van der Waals surface area contributed by atoms with E-state index in [2.05, 4.69) is 114 Å². The highest BCUT2D eigenvalue weighted by atomic mass is 16.4. The molecule has 0 aliphatic carbocycles. The molecule has 0 amide bonds. The number of carbonyl (C=O) groups is 2. The van der Waals surface area contributed by atoms with Gasteiger partial charge in [-0.25, -0.2) is 0 Å². The Hall–Kier alpha value is -4.34. The molecule has 2 N–H and O–H groups in total. The van der Waals surface area contributed by atoms with Crippen LogP contribution in [0.1, 0.15) is 69.0 Å². The van der Waals surface area contributed by atoms with Gasteiger partial charge < -0.3 is 10.2 Å². The van der Waals surface area contributed by atoms with Crippen molar-refractivity contribution in [2.24, 2.45) is 0 Å². The highest BCUT2D eigenvalue weighted by Gasteiger charge is 2.31. The highest BCUT2D eigenvalue weighted by molar-refractivity contribution is 5.69. The fraction of sp³-hybridized carbons (Fsp3) is 0.395. The van der Waals surface area contributed by atoms with Crippen molar-refractivity contribution < 1.29 is 19.8 Å². The zero-order chi connectivity index (χ0) is 37.0. The molecule has 0 radical (unpaired) electrons. The van der Waals surface area contributed by atoms with E-state index in [9.17, 15) is 9.59 Å². The van der Waals surface area contributed by atoms with Crippen LogP contribution in [0, 0.1) is 0 Å². The first kappa shape index (κ1) is 41.1. The second-order valence-corrected chi connectivity index (χ2v) is 12.4. The minimum Gasteiger partial charge on any atom is -0.480 e. The van der Waals surface area contributed by atoms with Crippen LogP contribution >= 0.6 is 0 Å². The summed E-state index contributed by atoms with van der Waals surface area (Å²) in [5.41, 5.74) is 5.13. The van der Waals surface area contributed by atoms with Crippen molar-refractivity contribution in [3.8, 4) is 0 Å². The minimum atomic E-state index is -0.752. The van der Waals surface area contributed by atoms with E-state index < -0.39 is 11.9 Å². The third kappa shape index (κ3) is 12.7. The largest absolute Gasteiger partial charge is 0.480 e. The van der Waals surface area contributed by atoms with Crippen LogP contribution in [0.5, 0.6) is 0 Å². The zero-order valence-corrected chi connectivity index (χ0v) is 31.1. The molecule has 0 aromatic heterocycles. The molecule has 6 rings (SSSR count). The molecule has 51 heavy (non-hydrogen) atoms. The van der Waals surface area contributed by atoms with Gasteiger partial charge in [-0.1, -0.05) is 149 Å². The van der Waals surface area contributed by atoms with Crippen LogP contribution in [-0.2, 0) is 9.59 Å². The average Bonchev–Trinajstić information content (AvgIpc) is 3.17. The second kappa shape index (κ2) is 22.5. The highest BCUT2D eigenvalue weighted by Crippen LogP contribution is 2.31. The summed E-state index contributed by atoms with van der Waals surface area (Å²) in [6, 6.07) is 42.8. The van der Waals surface area contributed by atoms with Crippen LogP contribution in [0.3, 0.4) is 0 Å². The summed E-state index contributed by atoms with van der Waals surface area (Å²) in [5.74, 6) is -1.50. The van der Waals surface area contributed by atoms with Crippen molar-refractivity contribution in [1.29, 1.82) is 0 Å². The zero-order valence-electron chi connectivity index (χ0n) is 31.1. The van der Waals surface area contributed by atoms with Crippen molar-refractivity contribution in [2.45, 2.75) is 52.7 Å². The standard InChI is InChI=1S/C20H24N2O2.C19H22N2O2.2C2H6/c1-16-14-22(13-12-21(16)15-19(23)24)20(17-8-4-2-5-9-17)18-10-6-3-7-11-18;22-18(23)15-20-11-13-21(14-12-20)19(16-7-3-1-4-8-16)17-9-5-2-6-10-17;2*1-2/h2-11,16,20H,12-15H2,1H3,(H,23,24);1-10,19H,11-15H2,(H,22,23);2*1-2H3/t16-;;;/m1.../s1. The van der Waals surface area contributed by atoms with E-state index in [4.69, 9.17) is 10.2 Å². The van der Waals surface area contributed by atoms with E-state index in [1.807, 2.05) is 61.8 Å². The summed E-state index contributed by atoms with van der Waals surface area (Å²) in [4.78, 5) is 30.9. The number of nitrogens with zero attached hydrogens (tertiary/aromatic N) is 4. The minimum absolute atomic E-state index is 0.121. The Morgan fingerprint density at radius 3 is 1.20 bits per heavy atom. The molecule has 0 unspecified atom stereocenters. The van der Waals surface area contributed by atoms with Crippen molar-refractivity contribution in [3.05, 3.63) is 144 Å². The molecule has 4 aromatic rings. The number of hydrogen-bond acceptors (Lipinski definition) is 6. The van der Waals surface area contributed by atoms with Gasteiger partial charge in [0.25, 0.3) is 0 Å². The molecule has 0 spiro atoms. The van der Waals surface area contributed by atoms with Gasteiger partial charge in [0.05, 0.1) is 25.2 Å². The summed E-state index contributed by atoms with van der Waals surface area (Å²) in [6.45, 7) is 16.2. The Morgan fingerprint density at radius 2 is 0.863 bits per heavy atom. The molecular formula is C43H58N4O4. The molecule has 8 heteroatoms. The molecule has 2 fully saturated rings. The lowest BCUT2D eigenvalue weighted by Gasteiger charge is -2.43. The molecule has 2 saturated heterocycles. The monoisotopic (exact) mass is 694 g/mol. The molecular weight excluding hydrogens is 636 g/mol. The van der Waals surface area contributed by atoms with E-state index in [1.165, 1.54) is 22.3 Å². The smallest absolute Gasteiger partial charge is 0.317 e. The lowest BCUT2D eigenvalue weighted by Crippen LogP contribution is -2.54. The van der Waals surface area contributed by atoms with Crippen LogP contribution < -0.4 is 0 Å². The summed E-state index contributed by atoms with van der Waals surface area (Å²) in [6.07, 6.45) is 0. The fourth-order valence-corrected chi connectivity index (χ4v) is 6.81. The van der Waals surface area contributed by atoms with Gasteiger partial charge in [-0.15, -0.1) is 0 Å². The van der Waals surface area contributed by atoms with Gasteiger partial charge in [-0.2, -0.15) is 0 Å². The Kier molecular flexibility index (Phi) is 18.1. The quantitative estimate of drug-likeness (QED) is 0.178. The number of aliphatic carboxylic acids is 2. The molecule has 2 aliphatic rings. The Labute approximate surface area is 305 Å². The number of hydrogen-bond donors (Lipinski definition) is 2. The normalized spacial score (nSPS) is 16.9. The van der Waals surface area contributed by atoms with E-state index in [-0.39, 0.29) is 31.2 Å². The number of benzene rings is 4. The molecule has 1 atom stereocenters. The van der Waals surface area contributed by atoms with Crippen molar-refractivity contribution >= 4 is 11.9 Å². The summed E-state index contributed by atoms with van der Waals surface area (Å²) in [5, 5.41) is 18.0. The van der Waals surface area contributed by atoms with Crippen LogP contribution in [0.4, 0.5) is 0 Å². The van der Waals surface area contributed by atoms with E-state index >= 15 is 0 Å². The van der Waals surface area contributed by atoms with Crippen molar-refractivity contribution in [3.63, 3.8) is 0 Å². The van der Waals surface area contributed by atoms with E-state index in [0.29, 0.717) is 0 Å². The van der Waals surface area contributed by atoms with Gasteiger partial charge in [-0.3, -0.25) is 29.2 Å². The Bertz CT molecular complexity index is 1440. The van der Waals surface area contributed by atoms with Gasteiger partial charge in [-0.05, 0) is 29.2 Å². The third-order valence-electron chi connectivity index (χ3n) is 9.09. The number of carboxylic acids is 2. The number of carboxylic acid groups (broad SMARTS) is 2. The van der Waals surface area contributed by atoms with Crippen molar-refractivity contribution in [2.75, 3.05) is 58.9 Å². The summed E-state index contributed by atoms with van der Waals surface area (Å²) in [7, 11) is 0. The first-order chi connectivity index (χ1) is 24.9. The topological polar surface area (TPSA) is 87.6 Å². The van der Waals surface area contributed by atoms with E-state index in [1.54, 1.807) is 0 Å². The number of piperazine rings is 2. The SMILES string of the molecule is CC.CC.C[C@@H]1CN(C(c2ccccc2)c2ccccc2)CCN1CC(=O)O.O=C(O)CN1CCN(C(c2ccccc2)c2ccccc2)CC1. The third-order valence-corrected chi connectivity index (χ3v) is 9.09. The maximum Gasteiger partial charge on any atom is 0.317 e. The van der Waals surface area contributed by atoms with Crippen LogP contribution in [-0.4, -0.2) is 107 Å². The fourth-order valence-electron chi connectivity index (χ4n) is 6.81. The molecule has 2 heterocycles. The van der Waals surface area contributed by atoms with Gasteiger partial charge in [0, 0.05) is 51.9 Å². The molecule has 0 bridgehead atoms. The van der Waals surface area contributed by atoms with Gasteiger partial charge >= 0.3 is 11.9 Å². The molecule has 0 saturated carbocycles. The first-order valence-electron chi connectivity index (χ1n) is 18.5. The van der Waals surface area contributed by atoms with Crippen molar-refractivity contribution in [1.82, 2.24) is 19.6 Å². The Balaban J connectivity index is 0.000000251. The average molecular weight is 695 g/mol. The number of rotatable bonds is 10. The Morgan fingerprint density at radius 1 is 0.529 bits per heavy atom. The predicted molar refractivity (Wildman–Crippen MR) is 208 cm³/mol. The van der Waals surface area contributed by atoms with Crippen LogP contribution in [0.25, 0.3) is 0 Å². The maximum atomic E-state index is 11.0. The first-order valence-corrected chi connectivity index (χ1v) is 18.5. The predicted octanol–water partition coefficient (Wildman–Crippen LogP) is 7.40. The lowest BCUT2D eigenvalue weighted by atomic mass is 9.95. The van der Waals surface area contributed by atoms with Crippen LogP contribution in [0.15, 0.2) is 121 Å². The van der Waals surface area contributed by atoms with E-state index in [0.717, 1.165) is 45.8 Å². The second-order valence-electron chi connectivity index (χ2n) is 12.4. The van der Waals surface area contributed by atoms with Gasteiger partial charge in [0.15, 0.2) is 0 Å². The molecule has 8 nitrogen and oxygen atoms in total. The van der Waals surface area contributed by atoms with Gasteiger partial charge in [0.1, 0.15) is 0 Å².